The van der Waals surface area contributed by atoms with Crippen LogP contribution in [0.2, 0.25) is 0 Å². The Bertz CT molecular complexity index is 868. The van der Waals surface area contributed by atoms with Crippen LogP contribution < -0.4 is 4.74 Å². The van der Waals surface area contributed by atoms with Crippen molar-refractivity contribution in [1.29, 1.82) is 0 Å². The summed E-state index contributed by atoms with van der Waals surface area (Å²) in [6.07, 6.45) is 1.39. The second kappa shape index (κ2) is 6.44. The van der Waals surface area contributed by atoms with Crippen LogP contribution in [0.4, 0.5) is 4.39 Å². The smallest absolute Gasteiger partial charge is 0.339 e. The molecule has 4 rings (SSSR count). The molecule has 2 aliphatic heterocycles. The van der Waals surface area contributed by atoms with Crippen LogP contribution in [0, 0.1) is 5.82 Å². The molecule has 2 aromatic rings. The molecule has 0 aliphatic carbocycles. The van der Waals surface area contributed by atoms with Gasteiger partial charge in [-0.1, -0.05) is 30.3 Å². The number of nitrogens with zero attached hydrogens (tertiary/aromatic N) is 1. The standard InChI is InChI=1S/C20H18FNO4/c21-16-8-3-4-9-17(16)25-12-18(23)22-11-5-10-20(13-22)15-7-2-1-6-14(15)19(24)26-20/h1-4,6-9H,5,10-13H2. The summed E-state index contributed by atoms with van der Waals surface area (Å²) in [5.41, 5.74) is 0.599. The van der Waals surface area contributed by atoms with Crippen molar-refractivity contribution in [2.45, 2.75) is 18.4 Å². The number of fused-ring (bicyclic) bond motifs is 2. The molecular weight excluding hydrogens is 337 g/mol. The van der Waals surface area contributed by atoms with E-state index in [-0.39, 0.29) is 30.8 Å². The number of ether oxygens (including phenoxy) is 2. The normalized spacial score (nSPS) is 21.4. The van der Waals surface area contributed by atoms with Crippen molar-refractivity contribution in [3.05, 3.63) is 65.5 Å². The molecule has 0 radical (unpaired) electrons. The Hall–Kier alpha value is -2.89. The molecule has 0 aromatic heterocycles. The zero-order valence-corrected chi connectivity index (χ0v) is 14.1. The summed E-state index contributed by atoms with van der Waals surface area (Å²) in [7, 11) is 0. The van der Waals surface area contributed by atoms with Gasteiger partial charge in [0, 0.05) is 12.1 Å². The first-order chi connectivity index (χ1) is 12.6. The number of carbonyl (C=O) groups is 2. The summed E-state index contributed by atoms with van der Waals surface area (Å²) in [6.45, 7) is 0.586. The maximum atomic E-state index is 13.6. The maximum Gasteiger partial charge on any atom is 0.339 e. The van der Waals surface area contributed by atoms with Crippen LogP contribution in [0.5, 0.6) is 5.75 Å². The molecule has 134 valence electrons. The van der Waals surface area contributed by atoms with Gasteiger partial charge in [0.1, 0.15) is 0 Å². The largest absolute Gasteiger partial charge is 0.481 e. The van der Waals surface area contributed by atoms with Crippen molar-refractivity contribution in [3.63, 3.8) is 0 Å². The number of rotatable bonds is 3. The number of halogens is 1. The van der Waals surface area contributed by atoms with Crippen LogP contribution >= 0.6 is 0 Å². The summed E-state index contributed by atoms with van der Waals surface area (Å²) >= 11 is 0. The molecule has 1 fully saturated rings. The minimum absolute atomic E-state index is 0.0465. The molecule has 0 N–H and O–H groups in total. The Morgan fingerprint density at radius 3 is 2.81 bits per heavy atom. The van der Waals surface area contributed by atoms with E-state index in [2.05, 4.69) is 0 Å². The summed E-state index contributed by atoms with van der Waals surface area (Å²) in [5, 5.41) is 0. The van der Waals surface area contributed by atoms with Gasteiger partial charge in [0.2, 0.25) is 0 Å². The number of piperidine rings is 1. The lowest BCUT2D eigenvalue weighted by molar-refractivity contribution is -0.140. The Labute approximate surface area is 150 Å². The highest BCUT2D eigenvalue weighted by molar-refractivity contribution is 5.95. The van der Waals surface area contributed by atoms with E-state index in [1.807, 2.05) is 12.1 Å². The molecule has 2 aromatic carbocycles. The van der Waals surface area contributed by atoms with E-state index in [9.17, 15) is 14.0 Å². The van der Waals surface area contributed by atoms with Gasteiger partial charge in [-0.15, -0.1) is 0 Å². The van der Waals surface area contributed by atoms with Crippen molar-refractivity contribution in [3.8, 4) is 5.75 Å². The number of para-hydroxylation sites is 1. The summed E-state index contributed by atoms with van der Waals surface area (Å²) in [6, 6.07) is 13.3. The van der Waals surface area contributed by atoms with Crippen LogP contribution in [0.3, 0.4) is 0 Å². The van der Waals surface area contributed by atoms with Crippen LogP contribution in [-0.2, 0) is 15.1 Å². The van der Waals surface area contributed by atoms with E-state index in [1.165, 1.54) is 12.1 Å². The van der Waals surface area contributed by atoms with Crippen LogP contribution in [0.1, 0.15) is 28.8 Å². The van der Waals surface area contributed by atoms with Crippen molar-refractivity contribution in [2.24, 2.45) is 0 Å². The van der Waals surface area contributed by atoms with Crippen LogP contribution in [-0.4, -0.2) is 36.5 Å². The number of hydrogen-bond acceptors (Lipinski definition) is 4. The molecule has 1 unspecified atom stereocenters. The third-order valence-electron chi connectivity index (χ3n) is 4.92. The van der Waals surface area contributed by atoms with Gasteiger partial charge < -0.3 is 14.4 Å². The lowest BCUT2D eigenvalue weighted by atomic mass is 9.85. The van der Waals surface area contributed by atoms with E-state index in [1.54, 1.807) is 29.2 Å². The highest BCUT2D eigenvalue weighted by atomic mass is 19.1. The molecule has 1 amide bonds. The van der Waals surface area contributed by atoms with Crippen molar-refractivity contribution in [2.75, 3.05) is 19.7 Å². The van der Waals surface area contributed by atoms with Crippen molar-refractivity contribution in [1.82, 2.24) is 4.90 Å². The first kappa shape index (κ1) is 16.6. The van der Waals surface area contributed by atoms with Crippen molar-refractivity contribution < 1.29 is 23.5 Å². The van der Waals surface area contributed by atoms with Crippen LogP contribution in [0.15, 0.2) is 48.5 Å². The molecule has 0 saturated carbocycles. The fourth-order valence-electron chi connectivity index (χ4n) is 3.68. The number of likely N-dealkylation sites (tertiary alicyclic amines) is 1. The van der Waals surface area contributed by atoms with Crippen molar-refractivity contribution >= 4 is 11.9 Å². The minimum Gasteiger partial charge on any atom is -0.481 e. The van der Waals surface area contributed by atoms with Gasteiger partial charge >= 0.3 is 5.97 Å². The predicted octanol–water partition coefficient (Wildman–Crippen LogP) is 2.89. The Morgan fingerprint density at radius 1 is 1.19 bits per heavy atom. The molecule has 26 heavy (non-hydrogen) atoms. The molecule has 1 saturated heterocycles. The summed E-state index contributed by atoms with van der Waals surface area (Å²) < 4.78 is 24.6. The second-order valence-electron chi connectivity index (χ2n) is 6.57. The van der Waals surface area contributed by atoms with Gasteiger partial charge in [-0.2, -0.15) is 0 Å². The average molecular weight is 355 g/mol. The second-order valence-corrected chi connectivity index (χ2v) is 6.57. The lowest BCUT2D eigenvalue weighted by Crippen LogP contribution is -2.50. The molecule has 6 heteroatoms. The van der Waals surface area contributed by atoms with Crippen LogP contribution in [0.25, 0.3) is 0 Å². The minimum atomic E-state index is -0.792. The Kier molecular flexibility index (Phi) is 4.11. The van der Waals surface area contributed by atoms with E-state index in [0.717, 1.165) is 5.56 Å². The zero-order valence-electron chi connectivity index (χ0n) is 14.1. The van der Waals surface area contributed by atoms with E-state index in [0.29, 0.717) is 24.9 Å². The van der Waals surface area contributed by atoms with E-state index >= 15 is 0 Å². The topological polar surface area (TPSA) is 55.8 Å². The number of amides is 1. The van der Waals surface area contributed by atoms with Gasteiger partial charge in [-0.25, -0.2) is 9.18 Å². The fourth-order valence-corrected chi connectivity index (χ4v) is 3.68. The molecular formula is C20H18FNO4. The third-order valence-corrected chi connectivity index (χ3v) is 4.92. The monoisotopic (exact) mass is 355 g/mol. The molecule has 1 atom stereocenters. The van der Waals surface area contributed by atoms with E-state index < -0.39 is 11.4 Å². The number of carbonyl (C=O) groups excluding carboxylic acids is 2. The van der Waals surface area contributed by atoms with E-state index in [4.69, 9.17) is 9.47 Å². The number of hydrogen-bond donors (Lipinski definition) is 0. The maximum absolute atomic E-state index is 13.6. The first-order valence-electron chi connectivity index (χ1n) is 8.57. The molecule has 2 heterocycles. The summed E-state index contributed by atoms with van der Waals surface area (Å²) in [4.78, 5) is 26.4. The highest BCUT2D eigenvalue weighted by Gasteiger charge is 2.48. The Morgan fingerprint density at radius 2 is 1.96 bits per heavy atom. The van der Waals surface area contributed by atoms with Gasteiger partial charge in [-0.05, 0) is 31.0 Å². The molecule has 0 bridgehead atoms. The number of benzene rings is 2. The van der Waals surface area contributed by atoms with Gasteiger partial charge in [0.25, 0.3) is 5.91 Å². The molecule has 5 nitrogen and oxygen atoms in total. The lowest BCUT2D eigenvalue weighted by Gasteiger charge is -2.39. The zero-order chi connectivity index (χ0) is 18.1. The quantitative estimate of drug-likeness (QED) is 0.795. The first-order valence-corrected chi connectivity index (χ1v) is 8.57. The predicted molar refractivity (Wildman–Crippen MR) is 91.2 cm³/mol. The third kappa shape index (κ3) is 2.81. The van der Waals surface area contributed by atoms with Gasteiger partial charge in [-0.3, -0.25) is 4.79 Å². The summed E-state index contributed by atoms with van der Waals surface area (Å²) in [5.74, 6) is -1.07. The highest BCUT2D eigenvalue weighted by Crippen LogP contribution is 2.42. The van der Waals surface area contributed by atoms with Gasteiger partial charge in [0.05, 0.1) is 12.1 Å². The molecule has 2 aliphatic rings. The number of esters is 1. The van der Waals surface area contributed by atoms with Gasteiger partial charge in [0.15, 0.2) is 23.8 Å². The SMILES string of the molecule is O=C1OC2(CCCN(C(=O)COc3ccccc3F)C2)c2ccccc21. The Balaban J connectivity index is 1.48. The fraction of sp³-hybridized carbons (Fsp3) is 0.300. The average Bonchev–Trinajstić information content (AvgIpc) is 2.93. The molecule has 1 spiro atoms.